The fourth-order valence-corrected chi connectivity index (χ4v) is 3.68. The number of amides is 2. The van der Waals surface area contributed by atoms with Crippen molar-refractivity contribution in [1.29, 1.82) is 0 Å². The Hall–Kier alpha value is -1.80. The average molecular weight is 417 g/mol. The lowest BCUT2D eigenvalue weighted by atomic mass is 10.1. The largest absolute Gasteiger partial charge is 0.444 e. The van der Waals surface area contributed by atoms with Gasteiger partial charge < -0.3 is 9.64 Å². The predicted molar refractivity (Wildman–Crippen MR) is 105 cm³/mol. The van der Waals surface area contributed by atoms with Crippen LogP contribution in [-0.4, -0.2) is 62.1 Å². The normalized spacial score (nSPS) is 18.6. The van der Waals surface area contributed by atoms with Gasteiger partial charge in [0.2, 0.25) is 5.91 Å². The molecule has 0 aliphatic carbocycles. The van der Waals surface area contributed by atoms with E-state index >= 15 is 0 Å². The van der Waals surface area contributed by atoms with Crippen molar-refractivity contribution in [1.82, 2.24) is 4.90 Å². The maximum absolute atomic E-state index is 12.6. The molecule has 0 bridgehead atoms. The highest BCUT2D eigenvalue weighted by Crippen LogP contribution is 2.25. The fraction of sp³-hybridized carbons (Fsp3) is 0.556. The van der Waals surface area contributed by atoms with E-state index in [4.69, 9.17) is 16.3 Å². The monoisotopic (exact) mass is 416 g/mol. The first-order valence-corrected chi connectivity index (χ1v) is 11.0. The number of benzene rings is 1. The zero-order valence-electron chi connectivity index (χ0n) is 15.9. The van der Waals surface area contributed by atoms with Crippen LogP contribution in [0.4, 0.5) is 10.5 Å². The summed E-state index contributed by atoms with van der Waals surface area (Å²) in [5, 5.41) is 0.488. The molecule has 1 atom stereocenters. The Morgan fingerprint density at radius 2 is 2.00 bits per heavy atom. The highest BCUT2D eigenvalue weighted by atomic mass is 35.5. The van der Waals surface area contributed by atoms with Crippen molar-refractivity contribution in [2.24, 2.45) is 0 Å². The molecule has 0 saturated carbocycles. The molecule has 2 rings (SSSR count). The summed E-state index contributed by atoms with van der Waals surface area (Å²) in [6.07, 6.45) is 0.732. The van der Waals surface area contributed by atoms with Crippen molar-refractivity contribution in [3.05, 3.63) is 29.3 Å². The number of halogens is 1. The van der Waals surface area contributed by atoms with Crippen LogP contribution >= 0.6 is 11.6 Å². The van der Waals surface area contributed by atoms with E-state index in [9.17, 15) is 18.0 Å². The second-order valence-corrected chi connectivity index (χ2v) is 10.4. The lowest BCUT2D eigenvalue weighted by molar-refractivity contribution is -0.122. The Labute approximate surface area is 165 Å². The van der Waals surface area contributed by atoms with Gasteiger partial charge in [-0.3, -0.25) is 9.69 Å². The van der Waals surface area contributed by atoms with Crippen LogP contribution in [0.1, 0.15) is 27.2 Å². The minimum Gasteiger partial charge on any atom is -0.444 e. The molecule has 1 aliphatic heterocycles. The summed E-state index contributed by atoms with van der Waals surface area (Å²) in [6, 6.07) is 6.37. The van der Waals surface area contributed by atoms with Crippen LogP contribution in [0.25, 0.3) is 0 Å². The van der Waals surface area contributed by atoms with Gasteiger partial charge in [0.1, 0.15) is 22.0 Å². The van der Waals surface area contributed by atoms with Crippen molar-refractivity contribution in [2.75, 3.05) is 30.0 Å². The third-order valence-corrected chi connectivity index (χ3v) is 5.22. The molecule has 1 aromatic rings. The first kappa shape index (κ1) is 21.5. The maximum atomic E-state index is 12.6. The molecule has 0 aromatic heterocycles. The zero-order chi connectivity index (χ0) is 20.4. The average Bonchev–Trinajstić information content (AvgIpc) is 2.50. The van der Waals surface area contributed by atoms with Crippen LogP contribution in [0.5, 0.6) is 0 Å². The van der Waals surface area contributed by atoms with Crippen LogP contribution in [-0.2, 0) is 19.4 Å². The fourth-order valence-electron chi connectivity index (χ4n) is 2.80. The van der Waals surface area contributed by atoms with E-state index in [1.54, 1.807) is 45.0 Å². The molecule has 1 heterocycles. The topological polar surface area (TPSA) is 84.0 Å². The van der Waals surface area contributed by atoms with Gasteiger partial charge in [-0.25, -0.2) is 13.2 Å². The Morgan fingerprint density at radius 1 is 1.33 bits per heavy atom. The predicted octanol–water partition coefficient (Wildman–Crippen LogP) is 2.73. The Balaban J connectivity index is 2.27. The number of nitrogens with zero attached hydrogens (tertiary/aromatic N) is 2. The van der Waals surface area contributed by atoms with Crippen molar-refractivity contribution in [2.45, 2.75) is 38.8 Å². The van der Waals surface area contributed by atoms with Crippen molar-refractivity contribution in [3.8, 4) is 0 Å². The molecule has 2 amide bonds. The molecule has 1 aliphatic rings. The second kappa shape index (κ2) is 8.06. The summed E-state index contributed by atoms with van der Waals surface area (Å²) in [4.78, 5) is 28.0. The molecule has 1 aromatic carbocycles. The maximum Gasteiger partial charge on any atom is 0.411 e. The molecule has 7 nitrogen and oxygen atoms in total. The summed E-state index contributed by atoms with van der Waals surface area (Å²) < 4.78 is 28.6. The quantitative estimate of drug-likeness (QED) is 0.753. The van der Waals surface area contributed by atoms with Crippen molar-refractivity contribution < 1.29 is 22.7 Å². The highest BCUT2D eigenvalue weighted by Gasteiger charge is 2.38. The van der Waals surface area contributed by atoms with Gasteiger partial charge in [0, 0.05) is 23.5 Å². The third kappa shape index (κ3) is 6.39. The molecule has 0 spiro atoms. The molecule has 150 valence electrons. The minimum absolute atomic E-state index is 0.0887. The molecule has 0 unspecified atom stereocenters. The van der Waals surface area contributed by atoms with Gasteiger partial charge in [0.15, 0.2) is 0 Å². The van der Waals surface area contributed by atoms with Crippen molar-refractivity contribution in [3.63, 3.8) is 0 Å². The number of ether oxygens (including phenoxy) is 1. The second-order valence-electron chi connectivity index (χ2n) is 7.66. The number of rotatable bonds is 4. The number of sulfone groups is 1. The Kier molecular flexibility index (Phi) is 6.42. The van der Waals surface area contributed by atoms with Gasteiger partial charge in [-0.15, -0.1) is 0 Å². The molecule has 1 saturated heterocycles. The smallest absolute Gasteiger partial charge is 0.411 e. The SMILES string of the molecule is CC(C)(C)OC(=O)N1CC(=O)N(c2cccc(Cl)c2)C[C@@H]1CCS(C)(=O)=O. The van der Waals surface area contributed by atoms with E-state index in [2.05, 4.69) is 0 Å². The summed E-state index contributed by atoms with van der Waals surface area (Å²) in [7, 11) is -3.21. The summed E-state index contributed by atoms with van der Waals surface area (Å²) in [5.74, 6) is -0.368. The van der Waals surface area contributed by atoms with Gasteiger partial charge in [-0.1, -0.05) is 17.7 Å². The zero-order valence-corrected chi connectivity index (χ0v) is 17.5. The molecular weight excluding hydrogens is 392 g/mol. The lowest BCUT2D eigenvalue weighted by Gasteiger charge is -2.41. The van der Waals surface area contributed by atoms with Crippen LogP contribution < -0.4 is 4.90 Å². The third-order valence-electron chi connectivity index (χ3n) is 4.01. The number of carbonyl (C=O) groups excluding carboxylic acids is 2. The van der Waals surface area contributed by atoms with Gasteiger partial charge in [0.25, 0.3) is 0 Å². The number of carbonyl (C=O) groups is 2. The van der Waals surface area contributed by atoms with Gasteiger partial charge in [0.05, 0.1) is 11.8 Å². The van der Waals surface area contributed by atoms with E-state index in [1.165, 1.54) is 9.80 Å². The molecule has 1 fully saturated rings. The minimum atomic E-state index is -3.21. The van der Waals surface area contributed by atoms with Crippen molar-refractivity contribution >= 4 is 39.1 Å². The number of piperazine rings is 1. The first-order valence-electron chi connectivity index (χ1n) is 8.59. The summed E-state index contributed by atoms with van der Waals surface area (Å²) in [5.41, 5.74) is -0.105. The molecule has 27 heavy (non-hydrogen) atoms. The molecule has 0 radical (unpaired) electrons. The van der Waals surface area contributed by atoms with E-state index in [0.29, 0.717) is 10.7 Å². The van der Waals surface area contributed by atoms with E-state index in [-0.39, 0.29) is 31.2 Å². The number of hydrogen-bond donors (Lipinski definition) is 0. The van der Waals surface area contributed by atoms with E-state index < -0.39 is 27.6 Å². The molecular formula is C18H25ClN2O5S. The Morgan fingerprint density at radius 3 is 2.56 bits per heavy atom. The van der Waals surface area contributed by atoms with Crippen LogP contribution in [0.15, 0.2) is 24.3 Å². The Bertz CT molecular complexity index is 819. The van der Waals surface area contributed by atoms with Crippen LogP contribution in [0.2, 0.25) is 5.02 Å². The van der Waals surface area contributed by atoms with Gasteiger partial charge in [-0.2, -0.15) is 0 Å². The van der Waals surface area contributed by atoms with Gasteiger partial charge >= 0.3 is 6.09 Å². The first-order chi connectivity index (χ1) is 12.4. The number of hydrogen-bond acceptors (Lipinski definition) is 5. The highest BCUT2D eigenvalue weighted by molar-refractivity contribution is 7.90. The van der Waals surface area contributed by atoms with Crippen LogP contribution in [0.3, 0.4) is 0 Å². The molecule has 0 N–H and O–H groups in total. The summed E-state index contributed by atoms with van der Waals surface area (Å²) >= 11 is 6.02. The lowest BCUT2D eigenvalue weighted by Crippen LogP contribution is -2.59. The van der Waals surface area contributed by atoms with E-state index in [0.717, 1.165) is 6.26 Å². The molecule has 9 heteroatoms. The van der Waals surface area contributed by atoms with Gasteiger partial charge in [-0.05, 0) is 45.4 Å². The van der Waals surface area contributed by atoms with Crippen LogP contribution in [0, 0.1) is 0 Å². The summed E-state index contributed by atoms with van der Waals surface area (Å²) in [6.45, 7) is 5.20. The van der Waals surface area contributed by atoms with E-state index in [1.807, 2.05) is 0 Å². The standard InChI is InChI=1S/C18H25ClN2O5S/c1-18(2,3)26-17(23)21-12-16(22)20(14-7-5-6-13(19)10-14)11-15(21)8-9-27(4,24)25/h5-7,10,15H,8-9,11-12H2,1-4H3/t15-/m0/s1. The number of anilines is 1.